The van der Waals surface area contributed by atoms with Gasteiger partial charge in [-0.2, -0.15) is 0 Å². The fourth-order valence-corrected chi connectivity index (χ4v) is 3.54. The number of piperidine rings is 1. The number of ether oxygens (including phenoxy) is 2. The normalized spacial score (nSPS) is 18.9. The van der Waals surface area contributed by atoms with Crippen LogP contribution in [0.5, 0.6) is 0 Å². The Morgan fingerprint density at radius 3 is 2.65 bits per heavy atom. The third-order valence-electron chi connectivity index (χ3n) is 4.97. The molecule has 0 radical (unpaired) electrons. The number of pyridine rings is 1. The zero-order valence-corrected chi connectivity index (χ0v) is 14.9. The number of aromatic nitrogens is 1. The average Bonchev–Trinajstić information content (AvgIpc) is 3.10. The molecule has 0 saturated carbocycles. The smallest absolute Gasteiger partial charge is 0.257 e. The number of anilines is 2. The number of nitrogens with one attached hydrogen (secondary N) is 1. The van der Waals surface area contributed by atoms with E-state index in [1.54, 1.807) is 12.4 Å². The Balaban J connectivity index is 1.44. The lowest BCUT2D eigenvalue weighted by Crippen LogP contribution is -2.45. The summed E-state index contributed by atoms with van der Waals surface area (Å²) in [5.41, 5.74) is 3.40. The minimum atomic E-state index is -0.399. The Morgan fingerprint density at radius 1 is 1.15 bits per heavy atom. The summed E-state index contributed by atoms with van der Waals surface area (Å²) in [7, 11) is 0. The van der Waals surface area contributed by atoms with E-state index in [2.05, 4.69) is 15.2 Å². The second-order valence-electron chi connectivity index (χ2n) is 6.85. The van der Waals surface area contributed by atoms with Crippen molar-refractivity contribution in [3.8, 4) is 0 Å². The molecule has 2 saturated heterocycles. The molecule has 2 fully saturated rings. The van der Waals surface area contributed by atoms with Crippen LogP contribution in [0.2, 0.25) is 0 Å². The van der Waals surface area contributed by atoms with E-state index in [0.29, 0.717) is 18.8 Å². The van der Waals surface area contributed by atoms with Gasteiger partial charge in [-0.3, -0.25) is 9.78 Å². The SMILES string of the molecule is Cc1cccc(NC(=O)c2cncc(N3CCC4(CC3)OCCO4)c2)c1. The van der Waals surface area contributed by atoms with Crippen LogP contribution in [0.15, 0.2) is 42.7 Å². The van der Waals surface area contributed by atoms with Gasteiger partial charge in [-0.1, -0.05) is 12.1 Å². The summed E-state index contributed by atoms with van der Waals surface area (Å²) in [6.07, 6.45) is 5.06. The molecule has 1 N–H and O–H groups in total. The van der Waals surface area contributed by atoms with Crippen LogP contribution in [0.3, 0.4) is 0 Å². The predicted octanol–water partition coefficient (Wildman–Crippen LogP) is 2.99. The first-order valence-corrected chi connectivity index (χ1v) is 9.00. The topological polar surface area (TPSA) is 63.7 Å². The standard InChI is InChI=1S/C20H23N3O3/c1-15-3-2-4-17(11-15)22-19(24)16-12-18(14-21-13-16)23-7-5-20(6-8-23)25-9-10-26-20/h2-4,11-14H,5-10H2,1H3,(H,22,24). The van der Waals surface area contributed by atoms with E-state index >= 15 is 0 Å². The maximum Gasteiger partial charge on any atom is 0.257 e. The summed E-state index contributed by atoms with van der Waals surface area (Å²) in [5, 5.41) is 2.93. The number of carbonyl (C=O) groups excluding carboxylic acids is 1. The number of nitrogens with zero attached hydrogens (tertiary/aromatic N) is 2. The maximum absolute atomic E-state index is 12.6. The second-order valence-corrected chi connectivity index (χ2v) is 6.85. The monoisotopic (exact) mass is 353 g/mol. The quantitative estimate of drug-likeness (QED) is 0.919. The minimum absolute atomic E-state index is 0.152. The molecule has 26 heavy (non-hydrogen) atoms. The second kappa shape index (κ2) is 7.05. The molecule has 1 spiro atoms. The molecule has 6 nitrogen and oxygen atoms in total. The van der Waals surface area contributed by atoms with Gasteiger partial charge in [-0.25, -0.2) is 0 Å². The molecule has 4 rings (SSSR count). The first-order valence-electron chi connectivity index (χ1n) is 9.00. The van der Waals surface area contributed by atoms with Gasteiger partial charge < -0.3 is 19.7 Å². The first kappa shape index (κ1) is 17.0. The van der Waals surface area contributed by atoms with E-state index < -0.39 is 5.79 Å². The highest BCUT2D eigenvalue weighted by Gasteiger charge is 2.39. The highest BCUT2D eigenvalue weighted by molar-refractivity contribution is 6.04. The summed E-state index contributed by atoms with van der Waals surface area (Å²) < 4.78 is 11.5. The van der Waals surface area contributed by atoms with E-state index in [1.807, 2.05) is 37.3 Å². The Bertz CT molecular complexity index is 792. The van der Waals surface area contributed by atoms with Gasteiger partial charge in [0, 0.05) is 37.8 Å². The van der Waals surface area contributed by atoms with Crippen molar-refractivity contribution in [3.63, 3.8) is 0 Å². The molecule has 1 amide bonds. The summed E-state index contributed by atoms with van der Waals surface area (Å²) in [5.74, 6) is -0.551. The number of hydrogen-bond donors (Lipinski definition) is 1. The summed E-state index contributed by atoms with van der Waals surface area (Å²) >= 11 is 0. The molecule has 0 unspecified atom stereocenters. The summed E-state index contributed by atoms with van der Waals surface area (Å²) in [6, 6.07) is 9.65. The largest absolute Gasteiger partial charge is 0.370 e. The number of hydrogen-bond acceptors (Lipinski definition) is 5. The lowest BCUT2D eigenvalue weighted by atomic mass is 10.0. The Morgan fingerprint density at radius 2 is 1.92 bits per heavy atom. The zero-order valence-electron chi connectivity index (χ0n) is 14.9. The van der Waals surface area contributed by atoms with Crippen molar-refractivity contribution in [1.29, 1.82) is 0 Å². The Hall–Kier alpha value is -2.44. The van der Waals surface area contributed by atoms with Crippen molar-refractivity contribution in [1.82, 2.24) is 4.98 Å². The molecule has 0 bridgehead atoms. The molecule has 2 aromatic rings. The summed E-state index contributed by atoms with van der Waals surface area (Å²) in [4.78, 5) is 19.0. The molecule has 2 aliphatic rings. The number of amides is 1. The van der Waals surface area contributed by atoms with Crippen LogP contribution in [0.1, 0.15) is 28.8 Å². The number of benzene rings is 1. The van der Waals surface area contributed by atoms with Crippen LogP contribution in [0.4, 0.5) is 11.4 Å². The molecule has 136 valence electrons. The predicted molar refractivity (Wildman–Crippen MR) is 99.5 cm³/mol. The van der Waals surface area contributed by atoms with Gasteiger partial charge in [-0.15, -0.1) is 0 Å². The van der Waals surface area contributed by atoms with Crippen molar-refractivity contribution in [2.75, 3.05) is 36.5 Å². The molecule has 1 aromatic carbocycles. The lowest BCUT2D eigenvalue weighted by Gasteiger charge is -2.38. The van der Waals surface area contributed by atoms with Crippen LogP contribution in [0.25, 0.3) is 0 Å². The van der Waals surface area contributed by atoms with Gasteiger partial charge in [-0.05, 0) is 30.7 Å². The molecule has 2 aliphatic heterocycles. The van der Waals surface area contributed by atoms with Crippen molar-refractivity contribution < 1.29 is 14.3 Å². The molecular weight excluding hydrogens is 330 g/mol. The Kier molecular flexibility index (Phi) is 4.61. The van der Waals surface area contributed by atoms with Crippen molar-refractivity contribution in [2.45, 2.75) is 25.6 Å². The van der Waals surface area contributed by atoms with Gasteiger partial charge in [0.25, 0.3) is 5.91 Å². The third kappa shape index (κ3) is 3.57. The number of aryl methyl sites for hydroxylation is 1. The van der Waals surface area contributed by atoms with Gasteiger partial charge in [0.1, 0.15) is 0 Å². The fraction of sp³-hybridized carbons (Fsp3) is 0.400. The van der Waals surface area contributed by atoms with Gasteiger partial charge in [0.2, 0.25) is 0 Å². The van der Waals surface area contributed by atoms with E-state index in [0.717, 1.165) is 42.9 Å². The van der Waals surface area contributed by atoms with Crippen molar-refractivity contribution in [2.24, 2.45) is 0 Å². The van der Waals surface area contributed by atoms with Gasteiger partial charge in [0.05, 0.1) is 30.7 Å². The molecule has 0 aliphatic carbocycles. The maximum atomic E-state index is 12.6. The highest BCUT2D eigenvalue weighted by Crippen LogP contribution is 2.33. The minimum Gasteiger partial charge on any atom is -0.370 e. The van der Waals surface area contributed by atoms with Crippen LogP contribution in [-0.4, -0.2) is 43.0 Å². The average molecular weight is 353 g/mol. The molecular formula is C20H23N3O3. The zero-order chi connectivity index (χ0) is 18.0. The van der Waals surface area contributed by atoms with E-state index in [4.69, 9.17) is 9.47 Å². The van der Waals surface area contributed by atoms with Crippen molar-refractivity contribution in [3.05, 3.63) is 53.9 Å². The van der Waals surface area contributed by atoms with Crippen LogP contribution < -0.4 is 10.2 Å². The number of rotatable bonds is 3. The van der Waals surface area contributed by atoms with Crippen LogP contribution in [-0.2, 0) is 9.47 Å². The molecule has 1 aromatic heterocycles. The lowest BCUT2D eigenvalue weighted by molar-refractivity contribution is -0.169. The van der Waals surface area contributed by atoms with Crippen LogP contribution in [0, 0.1) is 6.92 Å². The van der Waals surface area contributed by atoms with Gasteiger partial charge in [0.15, 0.2) is 5.79 Å². The Labute approximate surface area is 153 Å². The van der Waals surface area contributed by atoms with E-state index in [9.17, 15) is 4.79 Å². The number of carbonyl (C=O) groups is 1. The molecule has 0 atom stereocenters. The van der Waals surface area contributed by atoms with Crippen LogP contribution >= 0.6 is 0 Å². The third-order valence-corrected chi connectivity index (χ3v) is 4.97. The first-order chi connectivity index (χ1) is 12.6. The van der Waals surface area contributed by atoms with Gasteiger partial charge >= 0.3 is 0 Å². The van der Waals surface area contributed by atoms with Crippen molar-refractivity contribution >= 4 is 17.3 Å². The molecule has 6 heteroatoms. The highest BCUT2D eigenvalue weighted by atomic mass is 16.7. The van der Waals surface area contributed by atoms with E-state index in [1.165, 1.54) is 0 Å². The molecule has 3 heterocycles. The summed E-state index contributed by atoms with van der Waals surface area (Å²) in [6.45, 7) is 5.00. The fourth-order valence-electron chi connectivity index (χ4n) is 3.54. The van der Waals surface area contributed by atoms with E-state index in [-0.39, 0.29) is 5.91 Å².